The van der Waals surface area contributed by atoms with Crippen molar-refractivity contribution < 1.29 is 9.59 Å². The normalized spacial score (nSPS) is 11.7. The molecule has 0 fully saturated rings. The Hall–Kier alpha value is -2.04. The number of halogens is 2. The molecule has 0 unspecified atom stereocenters. The number of hydrogen-bond acceptors (Lipinski definition) is 2. The van der Waals surface area contributed by atoms with Crippen molar-refractivity contribution in [1.29, 1.82) is 0 Å². The lowest BCUT2D eigenvalue weighted by atomic mass is 10.1. The van der Waals surface area contributed by atoms with Crippen molar-refractivity contribution >= 4 is 35.0 Å². The van der Waals surface area contributed by atoms with Crippen molar-refractivity contribution in [3.63, 3.8) is 0 Å². The maximum absolute atomic E-state index is 12.8. The maximum atomic E-state index is 12.8. The van der Waals surface area contributed by atoms with E-state index in [4.69, 9.17) is 23.2 Å². The third-order valence-electron chi connectivity index (χ3n) is 3.92. The molecule has 0 heterocycles. The van der Waals surface area contributed by atoms with Crippen molar-refractivity contribution in [1.82, 2.24) is 10.2 Å². The summed E-state index contributed by atoms with van der Waals surface area (Å²) in [7, 11) is 1.56. The van der Waals surface area contributed by atoms with Gasteiger partial charge in [-0.1, -0.05) is 47.5 Å². The van der Waals surface area contributed by atoms with Crippen LogP contribution in [0.1, 0.15) is 18.1 Å². The van der Waals surface area contributed by atoms with Crippen molar-refractivity contribution in [3.8, 4) is 0 Å². The first-order chi connectivity index (χ1) is 11.9. The Bertz CT molecular complexity index is 747. The lowest BCUT2D eigenvalue weighted by Gasteiger charge is -2.28. The van der Waals surface area contributed by atoms with Gasteiger partial charge in [-0.3, -0.25) is 9.59 Å². The van der Waals surface area contributed by atoms with Gasteiger partial charge in [0, 0.05) is 23.6 Å². The number of hydrogen-bond donors (Lipinski definition) is 1. The average molecular weight is 379 g/mol. The molecule has 0 aliphatic carbocycles. The molecule has 1 atom stereocenters. The fourth-order valence-electron chi connectivity index (χ4n) is 2.50. The number of carbonyl (C=O) groups excluding carboxylic acids is 2. The summed E-state index contributed by atoms with van der Waals surface area (Å²) in [5.41, 5.74) is 1.71. The number of likely N-dealkylation sites (N-methyl/N-ethyl adjacent to an activating group) is 1. The first-order valence-electron chi connectivity index (χ1n) is 7.90. The molecule has 25 heavy (non-hydrogen) atoms. The molecule has 0 aromatic heterocycles. The average Bonchev–Trinajstić information content (AvgIpc) is 2.60. The monoisotopic (exact) mass is 378 g/mol. The fourth-order valence-corrected chi connectivity index (χ4v) is 2.84. The van der Waals surface area contributed by atoms with E-state index in [9.17, 15) is 9.59 Å². The molecule has 6 heteroatoms. The Labute approximate surface area is 157 Å². The standard InChI is InChI=1S/C19H20Cl2N2O2/c1-13(19(25)22-2)23(12-15-4-3-5-17(21)10-15)18(24)11-14-6-8-16(20)9-7-14/h3-10,13H,11-12H2,1-2H3,(H,22,25)/t13-/m1/s1. The van der Waals surface area contributed by atoms with E-state index in [1.807, 2.05) is 24.3 Å². The van der Waals surface area contributed by atoms with Gasteiger partial charge in [-0.25, -0.2) is 0 Å². The van der Waals surface area contributed by atoms with Crippen LogP contribution in [0.25, 0.3) is 0 Å². The molecule has 1 N–H and O–H groups in total. The molecule has 0 saturated carbocycles. The topological polar surface area (TPSA) is 49.4 Å². The van der Waals surface area contributed by atoms with Crippen LogP contribution in [0, 0.1) is 0 Å². The predicted molar refractivity (Wildman–Crippen MR) is 101 cm³/mol. The van der Waals surface area contributed by atoms with E-state index in [-0.39, 0.29) is 18.2 Å². The van der Waals surface area contributed by atoms with Crippen LogP contribution >= 0.6 is 23.2 Å². The van der Waals surface area contributed by atoms with E-state index in [0.29, 0.717) is 16.6 Å². The Morgan fingerprint density at radius 2 is 1.72 bits per heavy atom. The van der Waals surface area contributed by atoms with Crippen LogP contribution < -0.4 is 5.32 Å². The predicted octanol–water partition coefficient (Wildman–Crippen LogP) is 3.70. The van der Waals surface area contributed by atoms with Gasteiger partial charge in [0.25, 0.3) is 0 Å². The Balaban J connectivity index is 2.21. The maximum Gasteiger partial charge on any atom is 0.242 e. The number of rotatable bonds is 6. The van der Waals surface area contributed by atoms with Gasteiger partial charge < -0.3 is 10.2 Å². The number of nitrogens with zero attached hydrogens (tertiary/aromatic N) is 1. The molecule has 2 amide bonds. The smallest absolute Gasteiger partial charge is 0.242 e. The van der Waals surface area contributed by atoms with E-state index in [0.717, 1.165) is 11.1 Å². The highest BCUT2D eigenvalue weighted by atomic mass is 35.5. The first kappa shape index (κ1) is 19.3. The van der Waals surface area contributed by atoms with Crippen molar-refractivity contribution in [2.24, 2.45) is 0 Å². The van der Waals surface area contributed by atoms with Gasteiger partial charge in [-0.05, 0) is 42.3 Å². The van der Waals surface area contributed by atoms with Gasteiger partial charge in [-0.15, -0.1) is 0 Å². The molecule has 2 aromatic carbocycles. The summed E-state index contributed by atoms with van der Waals surface area (Å²) < 4.78 is 0. The zero-order valence-electron chi connectivity index (χ0n) is 14.1. The first-order valence-corrected chi connectivity index (χ1v) is 8.66. The second-order valence-electron chi connectivity index (χ2n) is 5.75. The molecule has 2 aromatic rings. The molecule has 0 aliphatic heterocycles. The van der Waals surface area contributed by atoms with E-state index >= 15 is 0 Å². The summed E-state index contributed by atoms with van der Waals surface area (Å²) in [6.07, 6.45) is 0.194. The van der Waals surface area contributed by atoms with Crippen molar-refractivity contribution in [2.75, 3.05) is 7.05 Å². The molecule has 0 radical (unpaired) electrons. The van der Waals surface area contributed by atoms with Crippen molar-refractivity contribution in [2.45, 2.75) is 25.9 Å². The van der Waals surface area contributed by atoms with Gasteiger partial charge >= 0.3 is 0 Å². The summed E-state index contributed by atoms with van der Waals surface area (Å²) in [6.45, 7) is 2.02. The Morgan fingerprint density at radius 3 is 2.32 bits per heavy atom. The SMILES string of the molecule is CNC(=O)[C@@H](C)N(Cc1cccc(Cl)c1)C(=O)Cc1ccc(Cl)cc1. The quantitative estimate of drug-likeness (QED) is 0.832. The van der Waals surface area contributed by atoms with Gasteiger partial charge in [0.15, 0.2) is 0 Å². The Morgan fingerprint density at radius 1 is 1.04 bits per heavy atom. The number of carbonyl (C=O) groups is 2. The summed E-state index contributed by atoms with van der Waals surface area (Å²) in [4.78, 5) is 26.4. The highest BCUT2D eigenvalue weighted by Crippen LogP contribution is 2.17. The zero-order chi connectivity index (χ0) is 18.4. The second kappa shape index (κ2) is 8.88. The minimum absolute atomic E-state index is 0.140. The van der Waals surface area contributed by atoms with Crippen LogP contribution in [0.2, 0.25) is 10.0 Å². The molecule has 0 spiro atoms. The summed E-state index contributed by atoms with van der Waals surface area (Å²) in [6, 6.07) is 13.8. The highest BCUT2D eigenvalue weighted by molar-refractivity contribution is 6.30. The van der Waals surface area contributed by atoms with Gasteiger partial charge in [-0.2, -0.15) is 0 Å². The minimum Gasteiger partial charge on any atom is -0.357 e. The van der Waals surface area contributed by atoms with Gasteiger partial charge in [0.2, 0.25) is 11.8 Å². The largest absolute Gasteiger partial charge is 0.357 e. The van der Waals surface area contributed by atoms with Crippen LogP contribution in [0.4, 0.5) is 0 Å². The molecular weight excluding hydrogens is 359 g/mol. The van der Waals surface area contributed by atoms with E-state index in [1.165, 1.54) is 0 Å². The van der Waals surface area contributed by atoms with Crippen LogP contribution in [-0.4, -0.2) is 29.8 Å². The van der Waals surface area contributed by atoms with Crippen LogP contribution in [-0.2, 0) is 22.6 Å². The van der Waals surface area contributed by atoms with Crippen LogP contribution in [0.5, 0.6) is 0 Å². The molecule has 0 bridgehead atoms. The molecule has 4 nitrogen and oxygen atoms in total. The van der Waals surface area contributed by atoms with E-state index in [2.05, 4.69) is 5.32 Å². The van der Waals surface area contributed by atoms with Crippen LogP contribution in [0.3, 0.4) is 0 Å². The number of amides is 2. The molecule has 2 rings (SSSR count). The molecule has 132 valence electrons. The second-order valence-corrected chi connectivity index (χ2v) is 6.62. The molecule has 0 aliphatic rings. The van der Waals surface area contributed by atoms with Gasteiger partial charge in [0.1, 0.15) is 6.04 Å². The summed E-state index contributed by atoms with van der Waals surface area (Å²) in [5, 5.41) is 3.80. The van der Waals surface area contributed by atoms with E-state index in [1.54, 1.807) is 43.1 Å². The summed E-state index contributed by atoms with van der Waals surface area (Å²) >= 11 is 11.9. The highest BCUT2D eigenvalue weighted by Gasteiger charge is 2.25. The fraction of sp³-hybridized carbons (Fsp3) is 0.263. The van der Waals surface area contributed by atoms with Crippen LogP contribution in [0.15, 0.2) is 48.5 Å². The minimum atomic E-state index is -0.594. The van der Waals surface area contributed by atoms with Gasteiger partial charge in [0.05, 0.1) is 6.42 Å². The number of nitrogens with one attached hydrogen (secondary N) is 1. The lowest BCUT2D eigenvalue weighted by Crippen LogP contribution is -2.47. The van der Waals surface area contributed by atoms with E-state index < -0.39 is 6.04 Å². The molecular formula is C19H20Cl2N2O2. The molecule has 0 saturated heterocycles. The Kier molecular flexibility index (Phi) is 6.85. The summed E-state index contributed by atoms with van der Waals surface area (Å²) in [5.74, 6) is -0.357. The third kappa shape index (κ3) is 5.48. The van der Waals surface area contributed by atoms with Crippen molar-refractivity contribution in [3.05, 3.63) is 69.7 Å². The zero-order valence-corrected chi connectivity index (χ0v) is 15.6. The number of benzene rings is 2. The lowest BCUT2D eigenvalue weighted by molar-refractivity contribution is -0.139. The third-order valence-corrected chi connectivity index (χ3v) is 4.41.